The highest BCUT2D eigenvalue weighted by atomic mass is 32.1. The first-order valence-electron chi connectivity index (χ1n) is 7.11. The van der Waals surface area contributed by atoms with Crippen molar-refractivity contribution in [1.82, 2.24) is 5.32 Å². The lowest BCUT2D eigenvalue weighted by Crippen LogP contribution is -2.31. The fourth-order valence-corrected chi connectivity index (χ4v) is 3.08. The van der Waals surface area contributed by atoms with Gasteiger partial charge in [-0.1, -0.05) is 33.6 Å². The number of hydrogen-bond acceptors (Lipinski definition) is 2. The highest BCUT2D eigenvalue weighted by Gasteiger charge is 2.09. The quantitative estimate of drug-likeness (QED) is 0.687. The molecule has 1 N–H and O–H groups in total. The van der Waals surface area contributed by atoms with Crippen LogP contribution >= 0.6 is 11.3 Å². The van der Waals surface area contributed by atoms with Crippen molar-refractivity contribution in [1.29, 1.82) is 0 Å². The van der Waals surface area contributed by atoms with E-state index in [0.29, 0.717) is 6.04 Å². The molecule has 1 rings (SSSR count). The van der Waals surface area contributed by atoms with Crippen LogP contribution in [0.2, 0.25) is 0 Å². The van der Waals surface area contributed by atoms with Crippen LogP contribution in [0.25, 0.3) is 0 Å². The number of hydrogen-bond donors (Lipinski definition) is 1. The molecule has 0 aliphatic rings. The van der Waals surface area contributed by atoms with Crippen LogP contribution in [-0.2, 0) is 12.8 Å². The number of aryl methyl sites for hydroxylation is 1. The first-order chi connectivity index (χ1) is 8.30. The molecule has 1 unspecified atom stereocenters. The predicted molar refractivity (Wildman–Crippen MR) is 79.0 cm³/mol. The zero-order chi connectivity index (χ0) is 12.5. The van der Waals surface area contributed by atoms with Gasteiger partial charge in [-0.3, -0.25) is 0 Å². The predicted octanol–water partition coefficient (Wildman–Crippen LogP) is 4.41. The third-order valence-electron chi connectivity index (χ3n) is 3.10. The van der Waals surface area contributed by atoms with Gasteiger partial charge in [-0.05, 0) is 44.4 Å². The standard InChI is InChI=1S/C15H27NS/c1-4-7-8-13(16-11-5-2)12-15-10-9-14(6-3)17-15/h9-10,13,16H,4-8,11-12H2,1-3H3. The average molecular weight is 253 g/mol. The molecule has 0 spiro atoms. The summed E-state index contributed by atoms with van der Waals surface area (Å²) >= 11 is 1.99. The second-order valence-electron chi connectivity index (χ2n) is 4.72. The van der Waals surface area contributed by atoms with Crippen molar-refractivity contribution in [2.24, 2.45) is 0 Å². The van der Waals surface area contributed by atoms with Crippen molar-refractivity contribution in [3.05, 3.63) is 21.9 Å². The van der Waals surface area contributed by atoms with Crippen molar-refractivity contribution in [2.75, 3.05) is 6.54 Å². The van der Waals surface area contributed by atoms with Crippen molar-refractivity contribution >= 4 is 11.3 Å². The molecule has 2 heteroatoms. The van der Waals surface area contributed by atoms with Gasteiger partial charge < -0.3 is 5.32 Å². The second kappa shape index (κ2) is 8.71. The van der Waals surface area contributed by atoms with Gasteiger partial charge >= 0.3 is 0 Å². The van der Waals surface area contributed by atoms with Crippen LogP contribution < -0.4 is 5.32 Å². The van der Waals surface area contributed by atoms with Gasteiger partial charge in [-0.2, -0.15) is 0 Å². The van der Waals surface area contributed by atoms with Gasteiger partial charge in [0.1, 0.15) is 0 Å². The molecule has 0 radical (unpaired) electrons. The van der Waals surface area contributed by atoms with Crippen LogP contribution in [0.5, 0.6) is 0 Å². The second-order valence-corrected chi connectivity index (χ2v) is 5.97. The average Bonchev–Trinajstić information content (AvgIpc) is 2.80. The maximum atomic E-state index is 3.69. The van der Waals surface area contributed by atoms with E-state index in [1.54, 1.807) is 4.88 Å². The first kappa shape index (κ1) is 14.7. The minimum absolute atomic E-state index is 0.679. The summed E-state index contributed by atoms with van der Waals surface area (Å²) < 4.78 is 0. The third kappa shape index (κ3) is 5.69. The van der Waals surface area contributed by atoms with E-state index in [2.05, 4.69) is 38.2 Å². The number of rotatable bonds is 9. The van der Waals surface area contributed by atoms with Crippen LogP contribution in [0.3, 0.4) is 0 Å². The molecule has 0 saturated carbocycles. The Hall–Kier alpha value is -0.340. The van der Waals surface area contributed by atoms with Gasteiger partial charge in [-0.25, -0.2) is 0 Å². The van der Waals surface area contributed by atoms with E-state index in [-0.39, 0.29) is 0 Å². The Morgan fingerprint density at radius 2 is 1.88 bits per heavy atom. The third-order valence-corrected chi connectivity index (χ3v) is 4.35. The van der Waals surface area contributed by atoms with Crippen LogP contribution in [0, 0.1) is 0 Å². The Morgan fingerprint density at radius 1 is 1.12 bits per heavy atom. The summed E-state index contributed by atoms with van der Waals surface area (Å²) in [5.41, 5.74) is 0. The lowest BCUT2D eigenvalue weighted by atomic mass is 10.1. The van der Waals surface area contributed by atoms with Crippen LogP contribution in [0.1, 0.15) is 56.2 Å². The van der Waals surface area contributed by atoms with E-state index >= 15 is 0 Å². The first-order valence-corrected chi connectivity index (χ1v) is 7.92. The van der Waals surface area contributed by atoms with Gasteiger partial charge in [0.05, 0.1) is 0 Å². The molecule has 0 aromatic carbocycles. The maximum absolute atomic E-state index is 3.69. The Balaban J connectivity index is 2.45. The summed E-state index contributed by atoms with van der Waals surface area (Å²) in [5, 5.41) is 3.69. The van der Waals surface area contributed by atoms with E-state index in [1.165, 1.54) is 43.4 Å². The highest BCUT2D eigenvalue weighted by Crippen LogP contribution is 2.19. The van der Waals surface area contributed by atoms with Gasteiger partial charge in [0, 0.05) is 15.8 Å². The molecule has 0 bridgehead atoms. The van der Waals surface area contributed by atoms with Crippen LogP contribution in [0.15, 0.2) is 12.1 Å². The minimum atomic E-state index is 0.679. The summed E-state index contributed by atoms with van der Waals surface area (Å²) in [4.78, 5) is 3.07. The normalized spacial score (nSPS) is 12.9. The van der Waals surface area contributed by atoms with Crippen molar-refractivity contribution < 1.29 is 0 Å². The molecule has 0 fully saturated rings. The van der Waals surface area contributed by atoms with Gasteiger partial charge in [-0.15, -0.1) is 11.3 Å². The van der Waals surface area contributed by atoms with Crippen molar-refractivity contribution in [3.63, 3.8) is 0 Å². The Morgan fingerprint density at radius 3 is 2.47 bits per heavy atom. The maximum Gasteiger partial charge on any atom is 0.0115 e. The van der Waals surface area contributed by atoms with E-state index in [4.69, 9.17) is 0 Å². The molecule has 0 saturated heterocycles. The lowest BCUT2D eigenvalue weighted by Gasteiger charge is -2.17. The van der Waals surface area contributed by atoms with Crippen molar-refractivity contribution in [3.8, 4) is 0 Å². The summed E-state index contributed by atoms with van der Waals surface area (Å²) in [7, 11) is 0. The SMILES string of the molecule is CCCCC(Cc1ccc(CC)s1)NCCC. The fourth-order valence-electron chi connectivity index (χ4n) is 2.04. The molecule has 1 atom stereocenters. The van der Waals surface area contributed by atoms with E-state index < -0.39 is 0 Å². The molecule has 1 aromatic heterocycles. The molecule has 98 valence electrons. The molecule has 1 nitrogen and oxygen atoms in total. The van der Waals surface area contributed by atoms with Gasteiger partial charge in [0.25, 0.3) is 0 Å². The fraction of sp³-hybridized carbons (Fsp3) is 0.733. The number of nitrogens with one attached hydrogen (secondary N) is 1. The van der Waals surface area contributed by atoms with Crippen LogP contribution in [0.4, 0.5) is 0 Å². The summed E-state index contributed by atoms with van der Waals surface area (Å²) in [6.07, 6.45) is 7.57. The molecule has 0 aliphatic carbocycles. The lowest BCUT2D eigenvalue weighted by molar-refractivity contribution is 0.464. The Kier molecular flexibility index (Phi) is 7.54. The Bertz CT molecular complexity index is 285. The molecule has 0 aliphatic heterocycles. The summed E-state index contributed by atoms with van der Waals surface area (Å²) in [6.45, 7) is 7.90. The molecule has 1 heterocycles. The smallest absolute Gasteiger partial charge is 0.0115 e. The van der Waals surface area contributed by atoms with Gasteiger partial charge in [0.2, 0.25) is 0 Å². The van der Waals surface area contributed by atoms with E-state index in [9.17, 15) is 0 Å². The number of thiophene rings is 1. The molecule has 1 aromatic rings. The summed E-state index contributed by atoms with van der Waals surface area (Å²) in [5.74, 6) is 0. The van der Waals surface area contributed by atoms with Crippen molar-refractivity contribution in [2.45, 2.75) is 65.3 Å². The zero-order valence-corrected chi connectivity index (χ0v) is 12.4. The van der Waals surface area contributed by atoms with Crippen LogP contribution in [-0.4, -0.2) is 12.6 Å². The number of unbranched alkanes of at least 4 members (excludes halogenated alkanes) is 1. The molecular formula is C15H27NS. The van der Waals surface area contributed by atoms with E-state index in [0.717, 1.165) is 6.54 Å². The van der Waals surface area contributed by atoms with Gasteiger partial charge in [0.15, 0.2) is 0 Å². The topological polar surface area (TPSA) is 12.0 Å². The largest absolute Gasteiger partial charge is 0.314 e. The molecule has 17 heavy (non-hydrogen) atoms. The minimum Gasteiger partial charge on any atom is -0.314 e. The highest BCUT2D eigenvalue weighted by molar-refractivity contribution is 7.11. The zero-order valence-electron chi connectivity index (χ0n) is 11.6. The van der Waals surface area contributed by atoms with E-state index in [1.807, 2.05) is 11.3 Å². The molecule has 0 amide bonds. The Labute approximate surface area is 111 Å². The molecular weight excluding hydrogens is 226 g/mol. The monoisotopic (exact) mass is 253 g/mol. The summed E-state index contributed by atoms with van der Waals surface area (Å²) in [6, 6.07) is 5.28.